The SMILES string of the molecule is Cc1[c]cc(C(=O)O)cc1. The molecule has 0 unspecified atom stereocenters. The van der Waals surface area contributed by atoms with Gasteiger partial charge in [0.05, 0.1) is 5.56 Å². The zero-order valence-electron chi connectivity index (χ0n) is 5.59. The fourth-order valence-corrected chi connectivity index (χ4v) is 0.636. The molecule has 0 aliphatic rings. The first kappa shape index (κ1) is 6.81. The molecule has 0 aliphatic heterocycles. The zero-order valence-corrected chi connectivity index (χ0v) is 5.59. The first-order chi connectivity index (χ1) is 4.70. The predicted molar refractivity (Wildman–Crippen MR) is 37.0 cm³/mol. The highest BCUT2D eigenvalue weighted by Gasteiger charge is 1.98. The lowest BCUT2D eigenvalue weighted by Gasteiger charge is -1.92. The molecule has 51 valence electrons. The molecule has 10 heavy (non-hydrogen) atoms. The van der Waals surface area contributed by atoms with Crippen LogP contribution in [0.2, 0.25) is 0 Å². The van der Waals surface area contributed by atoms with Gasteiger partial charge in [-0.1, -0.05) is 6.07 Å². The highest BCUT2D eigenvalue weighted by Crippen LogP contribution is 2.00. The Bertz CT molecular complexity index is 236. The van der Waals surface area contributed by atoms with Crippen LogP contribution in [0.5, 0.6) is 0 Å². The van der Waals surface area contributed by atoms with Gasteiger partial charge in [0.2, 0.25) is 0 Å². The van der Waals surface area contributed by atoms with E-state index in [2.05, 4.69) is 6.07 Å². The number of carboxylic acid groups (broad SMARTS) is 1. The first-order valence-electron chi connectivity index (χ1n) is 2.92. The maximum atomic E-state index is 10.3. The van der Waals surface area contributed by atoms with E-state index in [9.17, 15) is 4.79 Å². The smallest absolute Gasteiger partial charge is 0.335 e. The van der Waals surface area contributed by atoms with Crippen LogP contribution in [0.4, 0.5) is 0 Å². The topological polar surface area (TPSA) is 37.3 Å². The maximum Gasteiger partial charge on any atom is 0.335 e. The van der Waals surface area contributed by atoms with Gasteiger partial charge in [0, 0.05) is 0 Å². The molecule has 0 aliphatic carbocycles. The van der Waals surface area contributed by atoms with Crippen LogP contribution in [-0.2, 0) is 0 Å². The van der Waals surface area contributed by atoms with Crippen molar-refractivity contribution in [3.05, 3.63) is 35.4 Å². The van der Waals surface area contributed by atoms with Crippen LogP contribution in [0.3, 0.4) is 0 Å². The second-order valence-electron chi connectivity index (χ2n) is 2.07. The molecule has 0 bridgehead atoms. The lowest BCUT2D eigenvalue weighted by atomic mass is 10.2. The van der Waals surface area contributed by atoms with Crippen LogP contribution >= 0.6 is 0 Å². The van der Waals surface area contributed by atoms with Crippen molar-refractivity contribution < 1.29 is 9.90 Å². The fourth-order valence-electron chi connectivity index (χ4n) is 0.636. The number of aromatic carboxylic acids is 1. The van der Waals surface area contributed by atoms with Crippen LogP contribution in [-0.4, -0.2) is 11.1 Å². The number of benzene rings is 1. The van der Waals surface area contributed by atoms with Gasteiger partial charge in [-0.15, -0.1) is 0 Å². The third-order valence-corrected chi connectivity index (χ3v) is 1.22. The summed E-state index contributed by atoms with van der Waals surface area (Å²) in [6.07, 6.45) is 0. The van der Waals surface area contributed by atoms with Crippen molar-refractivity contribution in [1.29, 1.82) is 0 Å². The van der Waals surface area contributed by atoms with E-state index in [4.69, 9.17) is 5.11 Å². The van der Waals surface area contributed by atoms with Crippen molar-refractivity contribution in [3.8, 4) is 0 Å². The molecule has 0 heterocycles. The lowest BCUT2D eigenvalue weighted by Crippen LogP contribution is -1.94. The quantitative estimate of drug-likeness (QED) is 0.633. The van der Waals surface area contributed by atoms with Crippen LogP contribution in [0.1, 0.15) is 15.9 Å². The van der Waals surface area contributed by atoms with E-state index in [1.165, 1.54) is 6.07 Å². The van der Waals surface area contributed by atoms with Crippen molar-refractivity contribution in [2.45, 2.75) is 6.92 Å². The summed E-state index contributed by atoms with van der Waals surface area (Å²) in [4.78, 5) is 10.3. The Balaban J connectivity index is 3.00. The highest BCUT2D eigenvalue weighted by atomic mass is 16.4. The molecule has 0 saturated carbocycles. The van der Waals surface area contributed by atoms with Crippen molar-refractivity contribution in [2.24, 2.45) is 0 Å². The normalized spacial score (nSPS) is 9.30. The molecule has 1 rings (SSSR count). The molecule has 2 heteroatoms. The average Bonchev–Trinajstić information content (AvgIpc) is 1.88. The number of hydrogen-bond acceptors (Lipinski definition) is 1. The second-order valence-corrected chi connectivity index (χ2v) is 2.07. The second kappa shape index (κ2) is 2.52. The summed E-state index contributed by atoms with van der Waals surface area (Å²) >= 11 is 0. The minimum Gasteiger partial charge on any atom is -0.478 e. The van der Waals surface area contributed by atoms with Crippen molar-refractivity contribution in [2.75, 3.05) is 0 Å². The van der Waals surface area contributed by atoms with E-state index in [0.717, 1.165) is 5.56 Å². The largest absolute Gasteiger partial charge is 0.478 e. The van der Waals surface area contributed by atoms with Crippen LogP contribution in [0.15, 0.2) is 18.2 Å². The van der Waals surface area contributed by atoms with Gasteiger partial charge < -0.3 is 5.11 Å². The molecular weight excluding hydrogens is 128 g/mol. The van der Waals surface area contributed by atoms with E-state index in [0.29, 0.717) is 0 Å². The van der Waals surface area contributed by atoms with Gasteiger partial charge in [-0.3, -0.25) is 0 Å². The third-order valence-electron chi connectivity index (χ3n) is 1.22. The number of hydrogen-bond donors (Lipinski definition) is 1. The Morgan fingerprint density at radius 1 is 1.60 bits per heavy atom. The number of rotatable bonds is 1. The minimum atomic E-state index is -0.906. The van der Waals surface area contributed by atoms with Crippen LogP contribution in [0, 0.1) is 13.0 Å². The van der Waals surface area contributed by atoms with Crippen molar-refractivity contribution in [3.63, 3.8) is 0 Å². The summed E-state index contributed by atoms with van der Waals surface area (Å²) in [5.74, 6) is -0.906. The molecule has 1 aromatic rings. The molecule has 1 radical (unpaired) electrons. The third kappa shape index (κ3) is 1.35. The van der Waals surface area contributed by atoms with Crippen molar-refractivity contribution in [1.82, 2.24) is 0 Å². The number of aryl methyl sites for hydroxylation is 1. The lowest BCUT2D eigenvalue weighted by molar-refractivity contribution is 0.0697. The Hall–Kier alpha value is -1.31. The molecule has 0 saturated heterocycles. The molecule has 1 aromatic carbocycles. The monoisotopic (exact) mass is 135 g/mol. The van der Waals surface area contributed by atoms with E-state index in [1.807, 2.05) is 6.92 Å². The van der Waals surface area contributed by atoms with E-state index < -0.39 is 5.97 Å². The Kier molecular flexibility index (Phi) is 1.71. The van der Waals surface area contributed by atoms with Gasteiger partial charge in [-0.05, 0) is 30.7 Å². The molecule has 1 N–H and O–H groups in total. The standard InChI is InChI=1S/C8H7O2/c1-6-2-4-7(5-3-6)8(9)10/h2,4-5H,1H3,(H,9,10). The molecule has 0 amide bonds. The molecule has 0 atom stereocenters. The maximum absolute atomic E-state index is 10.3. The summed E-state index contributed by atoms with van der Waals surface area (Å²) in [7, 11) is 0. The van der Waals surface area contributed by atoms with Gasteiger partial charge in [0.1, 0.15) is 0 Å². The van der Waals surface area contributed by atoms with Gasteiger partial charge in [-0.25, -0.2) is 4.79 Å². The molecule has 0 aromatic heterocycles. The Morgan fingerprint density at radius 3 is 2.70 bits per heavy atom. The van der Waals surface area contributed by atoms with Crippen LogP contribution in [0.25, 0.3) is 0 Å². The molecule has 0 spiro atoms. The highest BCUT2D eigenvalue weighted by molar-refractivity contribution is 5.87. The predicted octanol–water partition coefficient (Wildman–Crippen LogP) is 1.49. The molecular formula is C8H7O2. The summed E-state index contributed by atoms with van der Waals surface area (Å²) < 4.78 is 0. The van der Waals surface area contributed by atoms with Crippen LogP contribution < -0.4 is 0 Å². The van der Waals surface area contributed by atoms with Crippen molar-refractivity contribution >= 4 is 5.97 Å². The number of carboxylic acids is 1. The van der Waals surface area contributed by atoms with Gasteiger partial charge in [0.25, 0.3) is 0 Å². The fraction of sp³-hybridized carbons (Fsp3) is 0.125. The molecule has 2 nitrogen and oxygen atoms in total. The average molecular weight is 135 g/mol. The summed E-state index contributed by atoms with van der Waals surface area (Å²) in [5.41, 5.74) is 1.23. The summed E-state index contributed by atoms with van der Waals surface area (Å²) in [6, 6.07) is 7.56. The zero-order chi connectivity index (χ0) is 7.56. The van der Waals surface area contributed by atoms with Gasteiger partial charge in [0.15, 0.2) is 0 Å². The summed E-state index contributed by atoms with van der Waals surface area (Å²) in [5, 5.41) is 8.46. The minimum absolute atomic E-state index is 0.283. The number of carbonyl (C=O) groups is 1. The Labute approximate surface area is 59.1 Å². The van der Waals surface area contributed by atoms with E-state index in [1.54, 1.807) is 12.1 Å². The molecule has 0 fully saturated rings. The first-order valence-corrected chi connectivity index (χ1v) is 2.92. The van der Waals surface area contributed by atoms with Gasteiger partial charge >= 0.3 is 5.97 Å². The van der Waals surface area contributed by atoms with E-state index >= 15 is 0 Å². The summed E-state index contributed by atoms with van der Waals surface area (Å²) in [6.45, 7) is 1.87. The van der Waals surface area contributed by atoms with E-state index in [-0.39, 0.29) is 5.56 Å². The Morgan fingerprint density at radius 2 is 2.30 bits per heavy atom. The van der Waals surface area contributed by atoms with Gasteiger partial charge in [-0.2, -0.15) is 0 Å².